The summed E-state index contributed by atoms with van der Waals surface area (Å²) in [5.41, 5.74) is 3.20. The first-order valence-corrected chi connectivity index (χ1v) is 10.0. The fourth-order valence-corrected chi connectivity index (χ4v) is 4.95. The number of urea groups is 1. The lowest BCUT2D eigenvalue weighted by Gasteiger charge is -2.43. The maximum absolute atomic E-state index is 12.6. The second kappa shape index (κ2) is 7.88. The fraction of sp³-hybridized carbons (Fsp3) is 0.579. The highest BCUT2D eigenvalue weighted by Gasteiger charge is 2.48. The Morgan fingerprint density at radius 1 is 1.27 bits per heavy atom. The van der Waals surface area contributed by atoms with E-state index in [2.05, 4.69) is 12.2 Å². The van der Waals surface area contributed by atoms with E-state index in [1.54, 1.807) is 18.9 Å². The van der Waals surface area contributed by atoms with Crippen molar-refractivity contribution in [2.45, 2.75) is 31.6 Å². The first-order chi connectivity index (χ1) is 12.4. The molecule has 2 fully saturated rings. The van der Waals surface area contributed by atoms with Crippen molar-refractivity contribution < 1.29 is 14.3 Å². The van der Waals surface area contributed by atoms with Crippen LogP contribution in [0.4, 0.5) is 10.5 Å². The van der Waals surface area contributed by atoms with E-state index in [4.69, 9.17) is 4.74 Å². The molecule has 3 amide bonds. The molecule has 0 radical (unpaired) electrons. The zero-order chi connectivity index (χ0) is 18.7. The highest BCUT2D eigenvalue weighted by atomic mass is 32.2. The van der Waals surface area contributed by atoms with Crippen LogP contribution in [0, 0.1) is 13.8 Å². The number of methoxy groups -OCH3 is 1. The van der Waals surface area contributed by atoms with Crippen LogP contribution in [0.3, 0.4) is 0 Å². The SMILES string of the molecule is COCCN1C(=O)CSC12CCN(C(=O)Nc1ccc(C)c(C)c1)CC2. The van der Waals surface area contributed by atoms with Crippen molar-refractivity contribution in [1.82, 2.24) is 9.80 Å². The third-order valence-electron chi connectivity index (χ3n) is 5.37. The van der Waals surface area contributed by atoms with Crippen LogP contribution in [0.2, 0.25) is 0 Å². The minimum absolute atomic E-state index is 0.0686. The van der Waals surface area contributed by atoms with Crippen LogP contribution < -0.4 is 5.32 Å². The van der Waals surface area contributed by atoms with Crippen molar-refractivity contribution in [1.29, 1.82) is 0 Å². The molecule has 1 aromatic carbocycles. The zero-order valence-electron chi connectivity index (χ0n) is 15.7. The molecule has 0 unspecified atom stereocenters. The van der Waals surface area contributed by atoms with Crippen molar-refractivity contribution in [2.75, 3.05) is 44.4 Å². The van der Waals surface area contributed by atoms with Crippen LogP contribution in [0.25, 0.3) is 0 Å². The Balaban J connectivity index is 1.59. The highest BCUT2D eigenvalue weighted by molar-refractivity contribution is 8.01. The van der Waals surface area contributed by atoms with Gasteiger partial charge in [-0.3, -0.25) is 4.79 Å². The second-order valence-electron chi connectivity index (χ2n) is 6.99. The summed E-state index contributed by atoms with van der Waals surface area (Å²) in [5.74, 6) is 0.707. The molecule has 142 valence electrons. The predicted octanol–water partition coefficient (Wildman–Crippen LogP) is 2.85. The summed E-state index contributed by atoms with van der Waals surface area (Å²) in [5, 5.41) is 2.99. The van der Waals surface area contributed by atoms with Gasteiger partial charge in [-0.15, -0.1) is 11.8 Å². The van der Waals surface area contributed by atoms with E-state index in [0.29, 0.717) is 32.0 Å². The van der Waals surface area contributed by atoms with Gasteiger partial charge in [0, 0.05) is 32.4 Å². The monoisotopic (exact) mass is 377 g/mol. The molecule has 3 rings (SSSR count). The molecule has 2 aliphatic heterocycles. The van der Waals surface area contributed by atoms with Crippen LogP contribution in [-0.4, -0.2) is 65.7 Å². The van der Waals surface area contributed by atoms with Crippen LogP contribution in [0.1, 0.15) is 24.0 Å². The topological polar surface area (TPSA) is 61.9 Å². The molecule has 0 aliphatic carbocycles. The van der Waals surface area contributed by atoms with Gasteiger partial charge >= 0.3 is 6.03 Å². The molecule has 7 heteroatoms. The molecule has 1 aromatic rings. The number of likely N-dealkylation sites (tertiary alicyclic amines) is 1. The van der Waals surface area contributed by atoms with Crippen LogP contribution in [0.5, 0.6) is 0 Å². The van der Waals surface area contributed by atoms with E-state index >= 15 is 0 Å². The van der Waals surface area contributed by atoms with E-state index < -0.39 is 0 Å². The van der Waals surface area contributed by atoms with Gasteiger partial charge in [0.15, 0.2) is 0 Å². The van der Waals surface area contributed by atoms with Gasteiger partial charge in [-0.25, -0.2) is 4.79 Å². The van der Waals surface area contributed by atoms with E-state index in [1.165, 1.54) is 5.56 Å². The summed E-state index contributed by atoms with van der Waals surface area (Å²) in [6.07, 6.45) is 1.60. The van der Waals surface area contributed by atoms with Crippen molar-refractivity contribution in [3.05, 3.63) is 29.3 Å². The number of nitrogens with zero attached hydrogens (tertiary/aromatic N) is 2. The van der Waals surface area contributed by atoms with Gasteiger partial charge in [-0.1, -0.05) is 6.07 Å². The predicted molar refractivity (Wildman–Crippen MR) is 105 cm³/mol. The number of piperidine rings is 1. The summed E-state index contributed by atoms with van der Waals surface area (Å²) < 4.78 is 5.15. The van der Waals surface area contributed by atoms with Crippen LogP contribution in [0.15, 0.2) is 18.2 Å². The number of hydrogen-bond acceptors (Lipinski definition) is 4. The Hall–Kier alpha value is -1.73. The minimum Gasteiger partial charge on any atom is -0.383 e. The van der Waals surface area contributed by atoms with Crippen molar-refractivity contribution in [2.24, 2.45) is 0 Å². The van der Waals surface area contributed by atoms with Gasteiger partial charge in [-0.2, -0.15) is 0 Å². The minimum atomic E-state index is -0.174. The number of carbonyl (C=O) groups is 2. The van der Waals surface area contributed by atoms with Crippen molar-refractivity contribution >= 4 is 29.4 Å². The number of aryl methyl sites for hydroxylation is 2. The smallest absolute Gasteiger partial charge is 0.321 e. The lowest BCUT2D eigenvalue weighted by molar-refractivity contribution is -0.131. The quantitative estimate of drug-likeness (QED) is 0.876. The zero-order valence-corrected chi connectivity index (χ0v) is 16.5. The second-order valence-corrected chi connectivity index (χ2v) is 8.33. The molecule has 0 aromatic heterocycles. The number of ether oxygens (including phenoxy) is 1. The Bertz CT molecular complexity index is 687. The van der Waals surface area contributed by atoms with Gasteiger partial charge in [0.25, 0.3) is 0 Å². The van der Waals surface area contributed by atoms with E-state index in [-0.39, 0.29) is 16.8 Å². The maximum atomic E-state index is 12.6. The number of thioether (sulfide) groups is 1. The van der Waals surface area contributed by atoms with Gasteiger partial charge in [0.2, 0.25) is 5.91 Å². The Kier molecular flexibility index (Phi) is 5.77. The summed E-state index contributed by atoms with van der Waals surface area (Å²) >= 11 is 1.72. The number of rotatable bonds is 4. The molecule has 0 saturated carbocycles. The van der Waals surface area contributed by atoms with Gasteiger partial charge in [0.1, 0.15) is 0 Å². The lowest BCUT2D eigenvalue weighted by atomic mass is 10.0. The van der Waals surface area contributed by atoms with Crippen LogP contribution >= 0.6 is 11.8 Å². The summed E-state index contributed by atoms with van der Waals surface area (Å²) in [6.45, 7) is 6.57. The number of anilines is 1. The normalized spacial score (nSPS) is 19.3. The van der Waals surface area contributed by atoms with Gasteiger partial charge in [0.05, 0.1) is 17.2 Å². The molecule has 1 N–H and O–H groups in total. The Labute approximate surface area is 159 Å². The number of amides is 3. The summed E-state index contributed by atoms with van der Waals surface area (Å²) in [7, 11) is 1.65. The van der Waals surface area contributed by atoms with Crippen molar-refractivity contribution in [3.63, 3.8) is 0 Å². The Morgan fingerprint density at radius 2 is 2.00 bits per heavy atom. The molecule has 0 bridgehead atoms. The van der Waals surface area contributed by atoms with Crippen LogP contribution in [-0.2, 0) is 9.53 Å². The molecule has 1 spiro atoms. The van der Waals surface area contributed by atoms with E-state index in [9.17, 15) is 9.59 Å². The first-order valence-electron chi connectivity index (χ1n) is 9.02. The molecular formula is C19H27N3O3S. The maximum Gasteiger partial charge on any atom is 0.321 e. The lowest BCUT2D eigenvalue weighted by Crippen LogP contribution is -2.54. The number of nitrogens with one attached hydrogen (secondary N) is 1. The largest absolute Gasteiger partial charge is 0.383 e. The highest BCUT2D eigenvalue weighted by Crippen LogP contribution is 2.44. The first kappa shape index (κ1) is 19.0. The third kappa shape index (κ3) is 3.83. The Morgan fingerprint density at radius 3 is 2.65 bits per heavy atom. The standard InChI is InChI=1S/C19H27N3O3S/c1-14-4-5-16(12-15(14)2)20-18(24)21-8-6-19(7-9-21)22(10-11-25-3)17(23)13-26-19/h4-5,12H,6-11,13H2,1-3H3,(H,20,24). The molecular weight excluding hydrogens is 350 g/mol. The number of benzene rings is 1. The molecule has 2 heterocycles. The molecule has 0 atom stereocenters. The third-order valence-corrected chi connectivity index (χ3v) is 6.92. The fourth-order valence-electron chi connectivity index (χ4n) is 3.59. The summed E-state index contributed by atoms with van der Waals surface area (Å²) in [4.78, 5) is 28.4. The van der Waals surface area contributed by atoms with E-state index in [0.717, 1.165) is 24.1 Å². The average Bonchev–Trinajstić information content (AvgIpc) is 2.92. The molecule has 26 heavy (non-hydrogen) atoms. The van der Waals surface area contributed by atoms with Crippen molar-refractivity contribution in [3.8, 4) is 0 Å². The molecule has 2 saturated heterocycles. The number of hydrogen-bond donors (Lipinski definition) is 1. The summed E-state index contributed by atoms with van der Waals surface area (Å²) in [6, 6.07) is 5.88. The average molecular weight is 378 g/mol. The van der Waals surface area contributed by atoms with E-state index in [1.807, 2.05) is 34.9 Å². The van der Waals surface area contributed by atoms with Gasteiger partial charge in [-0.05, 0) is 49.9 Å². The molecule has 2 aliphatic rings. The molecule has 6 nitrogen and oxygen atoms in total. The van der Waals surface area contributed by atoms with Gasteiger partial charge < -0.3 is 19.9 Å². The number of carbonyl (C=O) groups excluding carboxylic acids is 2.